The molecular weight excluding hydrogens is 262 g/mol. The van der Waals surface area contributed by atoms with Gasteiger partial charge in [0, 0.05) is 12.6 Å². The summed E-state index contributed by atoms with van der Waals surface area (Å²) in [5, 5.41) is 9.73. The maximum Gasteiger partial charge on any atom is 0.339 e. The van der Waals surface area contributed by atoms with Crippen molar-refractivity contribution in [3.63, 3.8) is 0 Å². The van der Waals surface area contributed by atoms with Crippen LogP contribution in [0.1, 0.15) is 42.5 Å². The molecule has 2 aliphatic rings. The third-order valence-electron chi connectivity index (χ3n) is 4.52. The van der Waals surface area contributed by atoms with Crippen molar-refractivity contribution in [3.8, 4) is 0 Å². The maximum absolute atomic E-state index is 11.4. The van der Waals surface area contributed by atoms with Gasteiger partial charge in [0.15, 0.2) is 0 Å². The number of carboxylic acids is 1. The highest BCUT2D eigenvalue weighted by atomic mass is 35.5. The van der Waals surface area contributed by atoms with E-state index in [0.717, 1.165) is 18.2 Å². The van der Waals surface area contributed by atoms with Crippen LogP contribution in [0.15, 0.2) is 18.2 Å². The van der Waals surface area contributed by atoms with Crippen molar-refractivity contribution in [1.29, 1.82) is 0 Å². The Bertz CT molecular complexity index is 503. The maximum atomic E-state index is 11.4. The summed E-state index contributed by atoms with van der Waals surface area (Å²) in [5.41, 5.74) is 1.06. The number of hydrogen-bond acceptors (Lipinski definition) is 2. The molecule has 0 spiro atoms. The van der Waals surface area contributed by atoms with E-state index in [1.54, 1.807) is 6.07 Å². The lowest BCUT2D eigenvalue weighted by Crippen LogP contribution is -2.35. The Hall–Kier alpha value is -1.22. The average Bonchev–Trinajstić information content (AvgIpc) is 2.81. The van der Waals surface area contributed by atoms with Crippen LogP contribution < -0.4 is 4.90 Å². The van der Waals surface area contributed by atoms with Crippen molar-refractivity contribution in [2.45, 2.75) is 38.1 Å². The van der Waals surface area contributed by atoms with E-state index in [1.807, 2.05) is 12.1 Å². The fourth-order valence-electron chi connectivity index (χ4n) is 3.67. The molecule has 0 amide bonds. The number of anilines is 1. The highest BCUT2D eigenvalue weighted by Crippen LogP contribution is 2.40. The minimum absolute atomic E-state index is 0.260. The quantitative estimate of drug-likeness (QED) is 0.895. The second-order valence-electron chi connectivity index (χ2n) is 5.53. The van der Waals surface area contributed by atoms with Gasteiger partial charge in [0.25, 0.3) is 0 Å². The molecule has 19 heavy (non-hydrogen) atoms. The zero-order valence-corrected chi connectivity index (χ0v) is 11.6. The van der Waals surface area contributed by atoms with Crippen molar-refractivity contribution in [2.24, 2.45) is 5.92 Å². The highest BCUT2D eigenvalue weighted by Gasteiger charge is 2.37. The van der Waals surface area contributed by atoms with Gasteiger partial charge in [-0.25, -0.2) is 4.79 Å². The molecule has 3 nitrogen and oxygen atoms in total. The van der Waals surface area contributed by atoms with E-state index in [1.165, 1.54) is 32.1 Å². The summed E-state index contributed by atoms with van der Waals surface area (Å²) in [6.45, 7) is 0.954. The van der Waals surface area contributed by atoms with Gasteiger partial charge in [-0.15, -0.1) is 0 Å². The molecule has 102 valence electrons. The number of carbonyl (C=O) groups is 1. The second-order valence-corrected chi connectivity index (χ2v) is 5.94. The standard InChI is InChI=1S/C15H18ClNO2/c16-11-5-3-7-13(14(11)15(18)19)17-9-8-10-4-1-2-6-12(10)17/h3,5,7,10,12H,1-2,4,6,8-9H2,(H,18,19). The molecule has 1 N–H and O–H groups in total. The minimum Gasteiger partial charge on any atom is -0.478 e. The minimum atomic E-state index is -0.931. The molecule has 1 aliphatic heterocycles. The van der Waals surface area contributed by atoms with Gasteiger partial charge >= 0.3 is 5.97 Å². The molecule has 1 saturated heterocycles. The van der Waals surface area contributed by atoms with Gasteiger partial charge in [-0.05, 0) is 37.3 Å². The van der Waals surface area contributed by atoms with Gasteiger partial charge in [0.1, 0.15) is 5.56 Å². The first-order valence-corrected chi connectivity index (χ1v) is 7.34. The SMILES string of the molecule is O=C(O)c1c(Cl)cccc1N1CCC2CCCCC21. The van der Waals surface area contributed by atoms with E-state index < -0.39 is 5.97 Å². The molecule has 0 bridgehead atoms. The smallest absolute Gasteiger partial charge is 0.339 e. The first-order valence-electron chi connectivity index (χ1n) is 6.97. The molecule has 3 rings (SSSR count). The number of aromatic carboxylic acids is 1. The number of fused-ring (bicyclic) bond motifs is 1. The lowest BCUT2D eigenvalue weighted by atomic mass is 9.85. The molecule has 2 unspecified atom stereocenters. The topological polar surface area (TPSA) is 40.5 Å². The fourth-order valence-corrected chi connectivity index (χ4v) is 3.92. The van der Waals surface area contributed by atoms with Crippen LogP contribution in [0, 0.1) is 5.92 Å². The van der Waals surface area contributed by atoms with Crippen LogP contribution in [0.4, 0.5) is 5.69 Å². The number of rotatable bonds is 2. The Morgan fingerprint density at radius 3 is 2.84 bits per heavy atom. The van der Waals surface area contributed by atoms with Crippen molar-refractivity contribution >= 4 is 23.3 Å². The van der Waals surface area contributed by atoms with Crippen LogP contribution in [0.3, 0.4) is 0 Å². The zero-order valence-electron chi connectivity index (χ0n) is 10.8. The molecule has 1 saturated carbocycles. The zero-order chi connectivity index (χ0) is 13.4. The first kappa shape index (κ1) is 12.8. The predicted molar refractivity (Wildman–Crippen MR) is 76.1 cm³/mol. The molecule has 4 heteroatoms. The number of halogens is 1. The molecule has 2 atom stereocenters. The molecule has 2 fully saturated rings. The van der Waals surface area contributed by atoms with Crippen LogP contribution >= 0.6 is 11.6 Å². The summed E-state index contributed by atoms with van der Waals surface area (Å²) in [7, 11) is 0. The van der Waals surface area contributed by atoms with Crippen LogP contribution in [0.2, 0.25) is 5.02 Å². The summed E-state index contributed by atoms with van der Waals surface area (Å²) in [6, 6.07) is 5.90. The largest absolute Gasteiger partial charge is 0.478 e. The van der Waals surface area contributed by atoms with Crippen LogP contribution in [0.5, 0.6) is 0 Å². The van der Waals surface area contributed by atoms with E-state index in [4.69, 9.17) is 11.6 Å². The Labute approximate surface area is 118 Å². The molecule has 0 aromatic heterocycles. The summed E-state index contributed by atoms with van der Waals surface area (Å²) in [6.07, 6.45) is 6.20. The number of nitrogens with zero attached hydrogens (tertiary/aromatic N) is 1. The summed E-state index contributed by atoms with van der Waals surface area (Å²) >= 11 is 6.07. The summed E-state index contributed by atoms with van der Waals surface area (Å²) in [4.78, 5) is 13.7. The normalized spacial score (nSPS) is 26.3. The second kappa shape index (κ2) is 5.04. The molecule has 0 radical (unpaired) electrons. The van der Waals surface area contributed by atoms with Gasteiger partial charge < -0.3 is 10.0 Å². The van der Waals surface area contributed by atoms with E-state index in [0.29, 0.717) is 11.1 Å². The Morgan fingerprint density at radius 2 is 2.05 bits per heavy atom. The third kappa shape index (κ3) is 2.20. The lowest BCUT2D eigenvalue weighted by Gasteiger charge is -2.34. The molecule has 1 aromatic carbocycles. The van der Waals surface area contributed by atoms with E-state index >= 15 is 0 Å². The predicted octanol–water partition coefficient (Wildman–Crippen LogP) is 3.81. The number of benzene rings is 1. The fraction of sp³-hybridized carbons (Fsp3) is 0.533. The van der Waals surface area contributed by atoms with Crippen LogP contribution in [-0.4, -0.2) is 23.7 Å². The number of carboxylic acid groups (broad SMARTS) is 1. The summed E-state index contributed by atoms with van der Waals surface area (Å²) in [5.74, 6) is -0.200. The van der Waals surface area contributed by atoms with Gasteiger partial charge in [-0.2, -0.15) is 0 Å². The van der Waals surface area contributed by atoms with Gasteiger partial charge in [0.05, 0.1) is 10.7 Å². The van der Waals surface area contributed by atoms with Crippen molar-refractivity contribution in [2.75, 3.05) is 11.4 Å². The molecule has 1 heterocycles. The van der Waals surface area contributed by atoms with Crippen LogP contribution in [-0.2, 0) is 0 Å². The average molecular weight is 280 g/mol. The highest BCUT2D eigenvalue weighted by molar-refractivity contribution is 6.34. The van der Waals surface area contributed by atoms with E-state index in [2.05, 4.69) is 4.90 Å². The molecule has 1 aromatic rings. The third-order valence-corrected chi connectivity index (χ3v) is 4.84. The summed E-state index contributed by atoms with van der Waals surface area (Å²) < 4.78 is 0. The van der Waals surface area contributed by atoms with Gasteiger partial charge in [0.2, 0.25) is 0 Å². The Morgan fingerprint density at radius 1 is 1.26 bits per heavy atom. The monoisotopic (exact) mass is 279 g/mol. The van der Waals surface area contributed by atoms with E-state index in [9.17, 15) is 9.90 Å². The van der Waals surface area contributed by atoms with Crippen LogP contribution in [0.25, 0.3) is 0 Å². The molecule has 1 aliphatic carbocycles. The van der Waals surface area contributed by atoms with Gasteiger partial charge in [-0.3, -0.25) is 0 Å². The first-order chi connectivity index (χ1) is 9.18. The van der Waals surface area contributed by atoms with Crippen molar-refractivity contribution in [3.05, 3.63) is 28.8 Å². The number of hydrogen-bond donors (Lipinski definition) is 1. The van der Waals surface area contributed by atoms with Crippen molar-refractivity contribution < 1.29 is 9.90 Å². The Balaban J connectivity index is 1.98. The Kier molecular flexibility index (Phi) is 3.40. The lowest BCUT2D eigenvalue weighted by molar-refractivity contribution is 0.0697. The van der Waals surface area contributed by atoms with E-state index in [-0.39, 0.29) is 5.56 Å². The van der Waals surface area contributed by atoms with Gasteiger partial charge in [-0.1, -0.05) is 30.5 Å². The molecular formula is C15H18ClNO2. The van der Waals surface area contributed by atoms with Crippen molar-refractivity contribution in [1.82, 2.24) is 0 Å².